The Morgan fingerprint density at radius 2 is 1.44 bits per heavy atom. The Morgan fingerprint density at radius 3 is 2.22 bits per heavy atom. The van der Waals surface area contributed by atoms with E-state index in [1.165, 1.54) is 0 Å². The van der Waals surface area contributed by atoms with Gasteiger partial charge in [-0.05, 0) is 48.5 Å². The molecule has 2 aromatic carbocycles. The Morgan fingerprint density at radius 1 is 0.741 bits per heavy atom. The van der Waals surface area contributed by atoms with Crippen molar-refractivity contribution < 1.29 is 9.59 Å². The zero-order valence-corrected chi connectivity index (χ0v) is 14.3. The summed E-state index contributed by atoms with van der Waals surface area (Å²) < 4.78 is 1.94. The number of amides is 2. The van der Waals surface area contributed by atoms with Gasteiger partial charge in [-0.3, -0.25) is 20.4 Å². The number of fused-ring (bicyclic) bond motifs is 1. The Kier molecular flexibility index (Phi) is 4.37. The maximum atomic E-state index is 12.2. The number of hydrogen-bond donors (Lipinski definition) is 2. The maximum Gasteiger partial charge on any atom is 0.288 e. The van der Waals surface area contributed by atoms with Crippen molar-refractivity contribution in [1.29, 1.82) is 0 Å². The standard InChI is InChI=1S/C21H16N4O2/c26-20(16-7-10-17(11-8-16)25-13-3-4-14-25)23-24-21(27)19-12-9-15-5-1-2-6-18(15)22-19/h1-14H,(H,23,26)(H,24,27). The average molecular weight is 356 g/mol. The van der Waals surface area contributed by atoms with Gasteiger partial charge in [-0.15, -0.1) is 0 Å². The predicted molar refractivity (Wildman–Crippen MR) is 102 cm³/mol. The topological polar surface area (TPSA) is 76.0 Å². The number of para-hydroxylation sites is 1. The zero-order valence-electron chi connectivity index (χ0n) is 14.3. The molecule has 0 spiro atoms. The van der Waals surface area contributed by atoms with Gasteiger partial charge in [0.25, 0.3) is 11.8 Å². The first-order valence-electron chi connectivity index (χ1n) is 8.40. The lowest BCUT2D eigenvalue weighted by atomic mass is 10.2. The number of rotatable bonds is 3. The molecular weight excluding hydrogens is 340 g/mol. The van der Waals surface area contributed by atoms with E-state index in [1.54, 1.807) is 18.2 Å². The molecule has 0 aliphatic heterocycles. The second kappa shape index (κ2) is 7.13. The van der Waals surface area contributed by atoms with Gasteiger partial charge in [0.15, 0.2) is 0 Å². The summed E-state index contributed by atoms with van der Waals surface area (Å²) >= 11 is 0. The van der Waals surface area contributed by atoms with Crippen molar-refractivity contribution in [2.24, 2.45) is 0 Å². The van der Waals surface area contributed by atoms with Crippen molar-refractivity contribution in [3.8, 4) is 5.69 Å². The molecular formula is C21H16N4O2. The number of hydrazine groups is 1. The van der Waals surface area contributed by atoms with Gasteiger partial charge >= 0.3 is 0 Å². The summed E-state index contributed by atoms with van der Waals surface area (Å²) in [5, 5.41) is 0.945. The van der Waals surface area contributed by atoms with Gasteiger partial charge in [-0.25, -0.2) is 4.98 Å². The highest BCUT2D eigenvalue weighted by molar-refractivity contribution is 5.99. The van der Waals surface area contributed by atoms with Crippen LogP contribution in [0.5, 0.6) is 0 Å². The first kappa shape index (κ1) is 16.5. The van der Waals surface area contributed by atoms with Crippen LogP contribution in [0.15, 0.2) is 85.2 Å². The summed E-state index contributed by atoms with van der Waals surface area (Å²) in [5.74, 6) is -0.874. The molecule has 132 valence electrons. The molecule has 0 saturated heterocycles. The number of benzene rings is 2. The molecule has 0 radical (unpaired) electrons. The fraction of sp³-hybridized carbons (Fsp3) is 0. The molecule has 0 saturated carbocycles. The third-order valence-corrected chi connectivity index (χ3v) is 4.15. The van der Waals surface area contributed by atoms with Crippen LogP contribution in [0.3, 0.4) is 0 Å². The van der Waals surface area contributed by atoms with Crippen molar-refractivity contribution >= 4 is 22.7 Å². The Labute approximate surface area is 155 Å². The predicted octanol–water partition coefficient (Wildman–Crippen LogP) is 3.10. The van der Waals surface area contributed by atoms with Crippen LogP contribution < -0.4 is 10.9 Å². The van der Waals surface area contributed by atoms with E-state index >= 15 is 0 Å². The molecule has 2 N–H and O–H groups in total. The second-order valence-electron chi connectivity index (χ2n) is 5.93. The quantitative estimate of drug-likeness (QED) is 0.554. The molecule has 6 nitrogen and oxygen atoms in total. The van der Waals surface area contributed by atoms with E-state index in [1.807, 2.05) is 71.6 Å². The van der Waals surface area contributed by atoms with Gasteiger partial charge < -0.3 is 4.57 Å². The zero-order chi connectivity index (χ0) is 18.6. The van der Waals surface area contributed by atoms with Crippen LogP contribution in [0, 0.1) is 0 Å². The van der Waals surface area contributed by atoms with Crippen LogP contribution in [0.4, 0.5) is 0 Å². The highest BCUT2D eigenvalue weighted by atomic mass is 16.2. The summed E-state index contributed by atoms with van der Waals surface area (Å²) in [4.78, 5) is 28.8. The van der Waals surface area contributed by atoms with E-state index in [9.17, 15) is 9.59 Å². The molecule has 4 aromatic rings. The van der Waals surface area contributed by atoms with Gasteiger partial charge in [-0.2, -0.15) is 0 Å². The molecule has 2 amide bonds. The minimum Gasteiger partial charge on any atom is -0.324 e. The van der Waals surface area contributed by atoms with Crippen LogP contribution in [-0.2, 0) is 0 Å². The van der Waals surface area contributed by atoms with Crippen LogP contribution in [0.25, 0.3) is 16.6 Å². The van der Waals surface area contributed by atoms with E-state index < -0.39 is 11.8 Å². The van der Waals surface area contributed by atoms with E-state index in [4.69, 9.17) is 0 Å². The van der Waals surface area contributed by atoms with Crippen LogP contribution in [0.2, 0.25) is 0 Å². The minimum atomic E-state index is -0.474. The SMILES string of the molecule is O=C(NNC(=O)c1ccc2ccccc2n1)c1ccc(-n2cccc2)cc1. The summed E-state index contributed by atoms with van der Waals surface area (Å²) in [6, 6.07) is 21.9. The fourth-order valence-corrected chi connectivity index (χ4v) is 2.73. The van der Waals surface area contributed by atoms with E-state index in [2.05, 4.69) is 15.8 Å². The monoisotopic (exact) mass is 356 g/mol. The molecule has 0 unspecified atom stereocenters. The van der Waals surface area contributed by atoms with Gasteiger partial charge in [0, 0.05) is 29.0 Å². The highest BCUT2D eigenvalue weighted by Gasteiger charge is 2.11. The number of aromatic nitrogens is 2. The van der Waals surface area contributed by atoms with Gasteiger partial charge in [-0.1, -0.05) is 24.3 Å². The van der Waals surface area contributed by atoms with E-state index in [0.29, 0.717) is 5.56 Å². The van der Waals surface area contributed by atoms with Crippen LogP contribution in [-0.4, -0.2) is 21.4 Å². The number of carbonyl (C=O) groups excluding carboxylic acids is 2. The van der Waals surface area contributed by atoms with Crippen molar-refractivity contribution in [1.82, 2.24) is 20.4 Å². The summed E-state index contributed by atoms with van der Waals surface area (Å²) in [5.41, 5.74) is 7.15. The lowest BCUT2D eigenvalue weighted by Gasteiger charge is -2.08. The summed E-state index contributed by atoms with van der Waals surface area (Å²) in [7, 11) is 0. The van der Waals surface area contributed by atoms with E-state index in [-0.39, 0.29) is 5.69 Å². The fourth-order valence-electron chi connectivity index (χ4n) is 2.73. The first-order valence-corrected chi connectivity index (χ1v) is 8.40. The Balaban J connectivity index is 1.41. The maximum absolute atomic E-state index is 12.2. The second-order valence-corrected chi connectivity index (χ2v) is 5.93. The van der Waals surface area contributed by atoms with Crippen LogP contribution in [0.1, 0.15) is 20.8 Å². The number of pyridine rings is 1. The van der Waals surface area contributed by atoms with Gasteiger partial charge in [0.2, 0.25) is 0 Å². The summed E-state index contributed by atoms with van der Waals surface area (Å²) in [6.45, 7) is 0. The number of hydrogen-bond acceptors (Lipinski definition) is 3. The van der Waals surface area contributed by atoms with E-state index in [0.717, 1.165) is 16.6 Å². The molecule has 0 aliphatic carbocycles. The smallest absolute Gasteiger partial charge is 0.288 e. The lowest BCUT2D eigenvalue weighted by molar-refractivity contribution is 0.0844. The van der Waals surface area contributed by atoms with Crippen molar-refractivity contribution in [3.05, 3.63) is 96.4 Å². The largest absolute Gasteiger partial charge is 0.324 e. The lowest BCUT2D eigenvalue weighted by Crippen LogP contribution is -2.41. The highest BCUT2D eigenvalue weighted by Crippen LogP contribution is 2.12. The molecule has 0 atom stereocenters. The molecule has 0 bridgehead atoms. The Bertz CT molecular complexity index is 1100. The average Bonchev–Trinajstić information content (AvgIpc) is 3.26. The first-order chi connectivity index (χ1) is 13.2. The van der Waals surface area contributed by atoms with Crippen LogP contribution >= 0.6 is 0 Å². The van der Waals surface area contributed by atoms with Crippen molar-refractivity contribution in [2.45, 2.75) is 0 Å². The molecule has 0 fully saturated rings. The number of carbonyl (C=O) groups is 2. The molecule has 2 heterocycles. The molecule has 4 rings (SSSR count). The van der Waals surface area contributed by atoms with Crippen molar-refractivity contribution in [3.63, 3.8) is 0 Å². The summed E-state index contributed by atoms with van der Waals surface area (Å²) in [6.07, 6.45) is 3.84. The Hall–Kier alpha value is -3.93. The minimum absolute atomic E-state index is 0.233. The van der Waals surface area contributed by atoms with Crippen molar-refractivity contribution in [2.75, 3.05) is 0 Å². The molecule has 2 aromatic heterocycles. The van der Waals surface area contributed by atoms with Gasteiger partial charge in [0.05, 0.1) is 5.52 Å². The third-order valence-electron chi connectivity index (χ3n) is 4.15. The molecule has 27 heavy (non-hydrogen) atoms. The number of nitrogens with one attached hydrogen (secondary N) is 2. The molecule has 0 aliphatic rings. The van der Waals surface area contributed by atoms with Gasteiger partial charge in [0.1, 0.15) is 5.69 Å². The number of nitrogens with zero attached hydrogens (tertiary/aromatic N) is 2. The third kappa shape index (κ3) is 3.55. The normalized spacial score (nSPS) is 10.5. The molecule has 6 heteroatoms.